The fourth-order valence-corrected chi connectivity index (χ4v) is 3.94. The highest BCUT2D eigenvalue weighted by molar-refractivity contribution is 7.11. The van der Waals surface area contributed by atoms with Gasteiger partial charge in [0.25, 0.3) is 0 Å². The first-order valence-corrected chi connectivity index (χ1v) is 8.42. The second-order valence-electron chi connectivity index (χ2n) is 5.74. The van der Waals surface area contributed by atoms with Crippen molar-refractivity contribution < 1.29 is 0 Å². The Morgan fingerprint density at radius 1 is 1.25 bits per heavy atom. The molecule has 1 aliphatic carbocycles. The molecule has 0 spiro atoms. The number of thiazole rings is 1. The molecule has 3 rings (SSSR count). The van der Waals surface area contributed by atoms with E-state index in [1.807, 2.05) is 0 Å². The summed E-state index contributed by atoms with van der Waals surface area (Å²) in [4.78, 5) is 11.0. The zero-order chi connectivity index (χ0) is 13.9. The SMILES string of the molecule is CCN1CCN(Cc2nc(C3CC3)c(CC#N)s2)CC1. The van der Waals surface area contributed by atoms with Crippen molar-refractivity contribution in [2.45, 2.75) is 38.6 Å². The Hall–Kier alpha value is -0.960. The van der Waals surface area contributed by atoms with Gasteiger partial charge in [-0.1, -0.05) is 6.92 Å². The molecule has 2 aliphatic rings. The number of hydrogen-bond donors (Lipinski definition) is 0. The van der Waals surface area contributed by atoms with Gasteiger partial charge >= 0.3 is 0 Å². The molecular formula is C15H22N4S. The molecule has 1 saturated heterocycles. The van der Waals surface area contributed by atoms with E-state index in [1.54, 1.807) is 11.3 Å². The third-order valence-electron chi connectivity index (χ3n) is 4.25. The molecule has 5 heteroatoms. The van der Waals surface area contributed by atoms with Gasteiger partial charge in [-0.2, -0.15) is 5.26 Å². The Morgan fingerprint density at radius 2 is 1.95 bits per heavy atom. The lowest BCUT2D eigenvalue weighted by atomic mass is 10.2. The highest BCUT2D eigenvalue weighted by atomic mass is 32.1. The summed E-state index contributed by atoms with van der Waals surface area (Å²) in [5, 5.41) is 10.2. The second kappa shape index (κ2) is 6.21. The lowest BCUT2D eigenvalue weighted by Gasteiger charge is -2.33. The molecule has 1 aliphatic heterocycles. The standard InChI is InChI=1S/C15H22N4S/c1-2-18-7-9-19(10-8-18)11-14-17-15(12-3-4-12)13(20-14)5-6-16/h12H,2-5,7-11H2,1H3. The molecule has 2 heterocycles. The number of rotatable bonds is 5. The van der Waals surface area contributed by atoms with Gasteiger partial charge in [-0.3, -0.25) is 4.90 Å². The van der Waals surface area contributed by atoms with Gasteiger partial charge in [0.15, 0.2) is 0 Å². The van der Waals surface area contributed by atoms with Crippen molar-refractivity contribution in [2.24, 2.45) is 0 Å². The summed E-state index contributed by atoms with van der Waals surface area (Å²) in [6.07, 6.45) is 3.06. The van der Waals surface area contributed by atoms with E-state index in [0.717, 1.165) is 26.2 Å². The molecule has 2 fully saturated rings. The van der Waals surface area contributed by atoms with E-state index in [2.05, 4.69) is 22.8 Å². The van der Waals surface area contributed by atoms with Crippen molar-refractivity contribution in [2.75, 3.05) is 32.7 Å². The molecule has 0 N–H and O–H groups in total. The van der Waals surface area contributed by atoms with Crippen LogP contribution in [-0.2, 0) is 13.0 Å². The highest BCUT2D eigenvalue weighted by Crippen LogP contribution is 2.42. The van der Waals surface area contributed by atoms with Crippen LogP contribution in [0.2, 0.25) is 0 Å². The minimum absolute atomic E-state index is 0.535. The zero-order valence-electron chi connectivity index (χ0n) is 12.1. The molecule has 0 aromatic carbocycles. The van der Waals surface area contributed by atoms with Gasteiger partial charge in [0.1, 0.15) is 5.01 Å². The van der Waals surface area contributed by atoms with Crippen LogP contribution in [0.4, 0.5) is 0 Å². The highest BCUT2D eigenvalue weighted by Gasteiger charge is 2.29. The summed E-state index contributed by atoms with van der Waals surface area (Å²) in [5.74, 6) is 0.653. The van der Waals surface area contributed by atoms with Crippen molar-refractivity contribution in [1.82, 2.24) is 14.8 Å². The molecule has 4 nitrogen and oxygen atoms in total. The van der Waals surface area contributed by atoms with Crippen molar-refractivity contribution in [3.05, 3.63) is 15.6 Å². The molecule has 0 atom stereocenters. The number of nitriles is 1. The monoisotopic (exact) mass is 290 g/mol. The molecule has 20 heavy (non-hydrogen) atoms. The van der Waals surface area contributed by atoms with E-state index in [0.29, 0.717) is 12.3 Å². The maximum atomic E-state index is 8.95. The number of hydrogen-bond acceptors (Lipinski definition) is 5. The van der Waals surface area contributed by atoms with Crippen LogP contribution in [0.1, 0.15) is 41.3 Å². The van der Waals surface area contributed by atoms with Gasteiger partial charge in [0.2, 0.25) is 0 Å². The number of piperazine rings is 1. The summed E-state index contributed by atoms with van der Waals surface area (Å²) in [6.45, 7) is 8.97. The average molecular weight is 290 g/mol. The zero-order valence-corrected chi connectivity index (χ0v) is 13.0. The minimum atomic E-state index is 0.535. The van der Waals surface area contributed by atoms with Gasteiger partial charge in [0.05, 0.1) is 24.7 Å². The molecule has 108 valence electrons. The Labute approximate surface area is 125 Å². The van der Waals surface area contributed by atoms with Crippen LogP contribution in [0.25, 0.3) is 0 Å². The summed E-state index contributed by atoms with van der Waals surface area (Å²) < 4.78 is 0. The fraction of sp³-hybridized carbons (Fsp3) is 0.733. The molecule has 1 aromatic rings. The van der Waals surface area contributed by atoms with E-state index in [4.69, 9.17) is 10.2 Å². The Balaban J connectivity index is 1.63. The smallest absolute Gasteiger partial charge is 0.107 e. The topological polar surface area (TPSA) is 43.2 Å². The molecular weight excluding hydrogens is 268 g/mol. The van der Waals surface area contributed by atoms with Crippen molar-refractivity contribution in [3.63, 3.8) is 0 Å². The van der Waals surface area contributed by atoms with Crippen LogP contribution < -0.4 is 0 Å². The molecule has 0 radical (unpaired) electrons. The number of nitrogens with zero attached hydrogens (tertiary/aromatic N) is 4. The van der Waals surface area contributed by atoms with Crippen LogP contribution in [-0.4, -0.2) is 47.5 Å². The lowest BCUT2D eigenvalue weighted by molar-refractivity contribution is 0.132. The van der Waals surface area contributed by atoms with E-state index in [1.165, 1.54) is 41.5 Å². The van der Waals surface area contributed by atoms with Gasteiger partial charge in [0, 0.05) is 37.0 Å². The molecule has 1 aromatic heterocycles. The Bertz CT molecular complexity index is 492. The summed E-state index contributed by atoms with van der Waals surface area (Å²) >= 11 is 1.76. The predicted octanol–water partition coefficient (Wildman–Crippen LogP) is 2.22. The Morgan fingerprint density at radius 3 is 2.55 bits per heavy atom. The summed E-state index contributed by atoms with van der Waals surface area (Å²) in [5.41, 5.74) is 1.23. The van der Waals surface area contributed by atoms with Crippen LogP contribution >= 0.6 is 11.3 Å². The molecule has 1 saturated carbocycles. The van der Waals surface area contributed by atoms with Gasteiger partial charge in [-0.15, -0.1) is 11.3 Å². The Kier molecular flexibility index (Phi) is 4.35. The number of likely N-dealkylation sites (N-methyl/N-ethyl adjacent to an activating group) is 1. The number of aromatic nitrogens is 1. The normalized spacial score (nSPS) is 21.0. The van der Waals surface area contributed by atoms with E-state index < -0.39 is 0 Å². The van der Waals surface area contributed by atoms with E-state index in [9.17, 15) is 0 Å². The van der Waals surface area contributed by atoms with Crippen molar-refractivity contribution >= 4 is 11.3 Å². The maximum Gasteiger partial charge on any atom is 0.107 e. The first-order chi connectivity index (χ1) is 9.80. The first-order valence-electron chi connectivity index (χ1n) is 7.60. The molecule has 0 bridgehead atoms. The average Bonchev–Trinajstić information content (AvgIpc) is 3.24. The molecule has 0 unspecified atom stereocenters. The van der Waals surface area contributed by atoms with E-state index in [-0.39, 0.29) is 0 Å². The third-order valence-corrected chi connectivity index (χ3v) is 5.30. The van der Waals surface area contributed by atoms with Crippen LogP contribution in [0, 0.1) is 11.3 Å². The van der Waals surface area contributed by atoms with E-state index >= 15 is 0 Å². The van der Waals surface area contributed by atoms with Crippen LogP contribution in [0.5, 0.6) is 0 Å². The minimum Gasteiger partial charge on any atom is -0.301 e. The lowest BCUT2D eigenvalue weighted by Crippen LogP contribution is -2.45. The predicted molar refractivity (Wildman–Crippen MR) is 80.8 cm³/mol. The molecule has 0 amide bonds. The quantitative estimate of drug-likeness (QED) is 0.834. The maximum absolute atomic E-state index is 8.95. The van der Waals surface area contributed by atoms with Crippen molar-refractivity contribution in [1.29, 1.82) is 5.26 Å². The van der Waals surface area contributed by atoms with Gasteiger partial charge in [-0.25, -0.2) is 4.98 Å². The third kappa shape index (κ3) is 3.20. The summed E-state index contributed by atoms with van der Waals surface area (Å²) in [7, 11) is 0. The van der Waals surface area contributed by atoms with Crippen LogP contribution in [0.15, 0.2) is 0 Å². The van der Waals surface area contributed by atoms with Crippen molar-refractivity contribution in [3.8, 4) is 6.07 Å². The first kappa shape index (κ1) is 14.0. The fourth-order valence-electron chi connectivity index (χ4n) is 2.81. The van der Waals surface area contributed by atoms with Gasteiger partial charge in [-0.05, 0) is 19.4 Å². The van der Waals surface area contributed by atoms with Crippen LogP contribution in [0.3, 0.4) is 0 Å². The largest absolute Gasteiger partial charge is 0.301 e. The van der Waals surface area contributed by atoms with Gasteiger partial charge < -0.3 is 4.90 Å². The summed E-state index contributed by atoms with van der Waals surface area (Å²) in [6, 6.07) is 2.29. The second-order valence-corrected chi connectivity index (χ2v) is 6.90.